The van der Waals surface area contributed by atoms with E-state index >= 15 is 0 Å². The number of methoxy groups -OCH3 is 1. The highest BCUT2D eigenvalue weighted by Crippen LogP contribution is 2.21. The van der Waals surface area contributed by atoms with Gasteiger partial charge in [-0.2, -0.15) is 5.26 Å². The first kappa shape index (κ1) is 16.8. The first-order valence-electron chi connectivity index (χ1n) is 7.55. The van der Waals surface area contributed by atoms with Crippen LogP contribution in [0.4, 0.5) is 10.5 Å². The van der Waals surface area contributed by atoms with E-state index in [2.05, 4.69) is 16.0 Å². The zero-order chi connectivity index (χ0) is 16.8. The van der Waals surface area contributed by atoms with Gasteiger partial charge in [0.1, 0.15) is 0 Å². The lowest BCUT2D eigenvalue weighted by Gasteiger charge is -2.23. The predicted octanol–water partition coefficient (Wildman–Crippen LogP) is 3.05. The largest absolute Gasteiger partial charge is 0.383 e. The molecule has 0 aliphatic carbocycles. The maximum Gasteiger partial charge on any atom is 0.321 e. The Hall–Kier alpha value is -2.52. The summed E-state index contributed by atoms with van der Waals surface area (Å²) in [6.45, 7) is 3.24. The third-order valence-corrected chi connectivity index (χ3v) is 3.93. The summed E-state index contributed by atoms with van der Waals surface area (Å²) in [5, 5.41) is 12.7. The number of amides is 2. The van der Waals surface area contributed by atoms with Gasteiger partial charge in [0.2, 0.25) is 0 Å². The number of aromatic nitrogens is 1. The van der Waals surface area contributed by atoms with Crippen LogP contribution >= 0.6 is 0 Å². The summed E-state index contributed by atoms with van der Waals surface area (Å²) in [4.78, 5) is 13.8. The highest BCUT2D eigenvalue weighted by atomic mass is 16.5. The van der Waals surface area contributed by atoms with Crippen LogP contribution in [-0.2, 0) is 11.3 Å². The number of hydrogen-bond donors (Lipinski definition) is 1. The smallest absolute Gasteiger partial charge is 0.321 e. The van der Waals surface area contributed by atoms with Crippen LogP contribution in [0.2, 0.25) is 0 Å². The lowest BCUT2D eigenvalue weighted by atomic mass is 10.2. The van der Waals surface area contributed by atoms with Crippen molar-refractivity contribution < 1.29 is 9.53 Å². The second kappa shape index (κ2) is 7.65. The van der Waals surface area contributed by atoms with E-state index in [4.69, 9.17) is 10.00 Å². The topological polar surface area (TPSA) is 70.3 Å². The third kappa shape index (κ3) is 4.02. The molecule has 1 aromatic carbocycles. The molecule has 1 atom stereocenters. The molecule has 1 N–H and O–H groups in total. The number of rotatable bonds is 6. The van der Waals surface area contributed by atoms with Crippen LogP contribution in [-0.4, -0.2) is 42.3 Å². The summed E-state index contributed by atoms with van der Waals surface area (Å²) in [5.74, 6) is 0. The predicted molar refractivity (Wildman–Crippen MR) is 90.3 cm³/mol. The molecule has 23 heavy (non-hydrogen) atoms. The van der Waals surface area contributed by atoms with Crippen LogP contribution in [0.1, 0.15) is 13.3 Å². The Morgan fingerprint density at radius 2 is 2.26 bits per heavy atom. The minimum atomic E-state index is -0.220. The van der Waals surface area contributed by atoms with Gasteiger partial charge in [-0.15, -0.1) is 0 Å². The van der Waals surface area contributed by atoms with Gasteiger partial charge in [-0.25, -0.2) is 4.79 Å². The highest BCUT2D eigenvalue weighted by Gasteiger charge is 2.15. The first-order valence-corrected chi connectivity index (χ1v) is 7.55. The fourth-order valence-corrected chi connectivity index (χ4v) is 2.33. The monoisotopic (exact) mass is 314 g/mol. The van der Waals surface area contributed by atoms with Crippen molar-refractivity contribution in [2.45, 2.75) is 25.9 Å². The summed E-state index contributed by atoms with van der Waals surface area (Å²) in [6, 6.07) is 9.57. The molecular formula is C17H22N4O2. The molecule has 2 aromatic rings. The number of hydrogen-bond acceptors (Lipinski definition) is 3. The number of benzene rings is 1. The lowest BCUT2D eigenvalue weighted by Crippen LogP contribution is -2.38. The Bertz CT molecular complexity index is 717. The summed E-state index contributed by atoms with van der Waals surface area (Å²) < 4.78 is 7.21. The van der Waals surface area contributed by atoms with Crippen molar-refractivity contribution >= 4 is 22.6 Å². The average Bonchev–Trinajstić information content (AvgIpc) is 2.94. The molecule has 0 aliphatic heterocycles. The zero-order valence-corrected chi connectivity index (χ0v) is 13.7. The SMILES string of the molecule is COCCn1ccc2ccc(NC(=O)N(C)[C@H](C)CC#N)cc21. The molecule has 6 heteroatoms. The van der Waals surface area contributed by atoms with Crippen LogP contribution in [0, 0.1) is 11.3 Å². The second-order valence-corrected chi connectivity index (χ2v) is 5.53. The van der Waals surface area contributed by atoms with Crippen molar-refractivity contribution in [2.75, 3.05) is 26.1 Å². The summed E-state index contributed by atoms with van der Waals surface area (Å²) in [7, 11) is 3.37. The third-order valence-electron chi connectivity index (χ3n) is 3.93. The van der Waals surface area contributed by atoms with E-state index in [1.54, 1.807) is 14.2 Å². The minimum absolute atomic E-state index is 0.130. The Morgan fingerprint density at radius 3 is 2.96 bits per heavy atom. The van der Waals surface area contributed by atoms with Gasteiger partial charge in [0, 0.05) is 38.6 Å². The molecule has 2 amide bonds. The number of nitriles is 1. The van der Waals surface area contributed by atoms with E-state index in [-0.39, 0.29) is 12.1 Å². The molecule has 0 spiro atoms. The fraction of sp³-hybridized carbons (Fsp3) is 0.412. The number of anilines is 1. The van der Waals surface area contributed by atoms with Crippen LogP contribution < -0.4 is 5.32 Å². The maximum atomic E-state index is 12.2. The van der Waals surface area contributed by atoms with Gasteiger partial charge < -0.3 is 19.5 Å². The number of urea groups is 1. The number of nitrogens with zero attached hydrogens (tertiary/aromatic N) is 3. The Kier molecular flexibility index (Phi) is 5.61. The van der Waals surface area contributed by atoms with Crippen LogP contribution in [0.15, 0.2) is 30.5 Å². The van der Waals surface area contributed by atoms with Gasteiger partial charge >= 0.3 is 6.03 Å². The molecular weight excluding hydrogens is 292 g/mol. The Morgan fingerprint density at radius 1 is 1.48 bits per heavy atom. The van der Waals surface area contributed by atoms with Crippen LogP contribution in [0.25, 0.3) is 10.9 Å². The Labute approximate surface area is 136 Å². The Balaban J connectivity index is 2.14. The molecule has 0 aliphatic rings. The van der Waals surface area contributed by atoms with Crippen molar-refractivity contribution in [3.05, 3.63) is 30.5 Å². The van der Waals surface area contributed by atoms with Gasteiger partial charge in [0.15, 0.2) is 0 Å². The highest BCUT2D eigenvalue weighted by molar-refractivity contribution is 5.92. The average molecular weight is 314 g/mol. The molecule has 1 heterocycles. The van der Waals surface area contributed by atoms with E-state index in [1.165, 1.54) is 4.90 Å². The molecule has 1 aromatic heterocycles. The fourth-order valence-electron chi connectivity index (χ4n) is 2.33. The van der Waals surface area contributed by atoms with Crippen molar-refractivity contribution in [1.82, 2.24) is 9.47 Å². The molecule has 122 valence electrons. The molecule has 6 nitrogen and oxygen atoms in total. The lowest BCUT2D eigenvalue weighted by molar-refractivity contribution is 0.188. The van der Waals surface area contributed by atoms with Gasteiger partial charge in [-0.05, 0) is 30.5 Å². The maximum absolute atomic E-state index is 12.2. The summed E-state index contributed by atoms with van der Waals surface area (Å²) in [6.07, 6.45) is 2.32. The van der Waals surface area contributed by atoms with E-state index in [0.29, 0.717) is 13.0 Å². The molecule has 0 fully saturated rings. The number of ether oxygens (including phenoxy) is 1. The normalized spacial score (nSPS) is 11.9. The van der Waals surface area contributed by atoms with Gasteiger partial charge in [-0.3, -0.25) is 0 Å². The number of nitrogens with one attached hydrogen (secondary N) is 1. The number of fused-ring (bicyclic) bond motifs is 1. The summed E-state index contributed by atoms with van der Waals surface area (Å²) >= 11 is 0. The number of carbonyl (C=O) groups is 1. The minimum Gasteiger partial charge on any atom is -0.383 e. The van der Waals surface area contributed by atoms with Gasteiger partial charge in [0.25, 0.3) is 0 Å². The van der Waals surface area contributed by atoms with Crippen LogP contribution in [0.3, 0.4) is 0 Å². The van der Waals surface area contributed by atoms with Crippen molar-refractivity contribution in [2.24, 2.45) is 0 Å². The van der Waals surface area contributed by atoms with E-state index in [9.17, 15) is 4.79 Å². The van der Waals surface area contributed by atoms with Gasteiger partial charge in [0.05, 0.1) is 24.6 Å². The van der Waals surface area contributed by atoms with Crippen molar-refractivity contribution in [1.29, 1.82) is 5.26 Å². The molecule has 0 unspecified atom stereocenters. The van der Waals surface area contributed by atoms with Crippen molar-refractivity contribution in [3.63, 3.8) is 0 Å². The first-order chi connectivity index (χ1) is 11.1. The molecule has 0 radical (unpaired) electrons. The number of carbonyl (C=O) groups excluding carboxylic acids is 1. The molecule has 2 rings (SSSR count). The molecule has 0 saturated carbocycles. The summed E-state index contributed by atoms with van der Waals surface area (Å²) in [5.41, 5.74) is 1.78. The van der Waals surface area contributed by atoms with Crippen LogP contribution in [0.5, 0.6) is 0 Å². The van der Waals surface area contributed by atoms with Crippen molar-refractivity contribution in [3.8, 4) is 6.07 Å². The quantitative estimate of drug-likeness (QED) is 0.891. The van der Waals surface area contributed by atoms with E-state index < -0.39 is 0 Å². The molecule has 0 bridgehead atoms. The van der Waals surface area contributed by atoms with E-state index in [1.807, 2.05) is 37.4 Å². The molecule has 0 saturated heterocycles. The second-order valence-electron chi connectivity index (χ2n) is 5.53. The zero-order valence-electron chi connectivity index (χ0n) is 13.7. The van der Waals surface area contributed by atoms with E-state index in [0.717, 1.165) is 23.1 Å². The van der Waals surface area contributed by atoms with Gasteiger partial charge in [-0.1, -0.05) is 6.07 Å². The standard InChI is InChI=1S/C17H22N4O2/c1-13(6-8-18)20(2)17(22)19-15-5-4-14-7-9-21(10-11-23-3)16(14)12-15/h4-5,7,9,12-13H,6,10-11H2,1-3H3,(H,19,22)/t13-/m1/s1.